The van der Waals surface area contributed by atoms with Gasteiger partial charge < -0.3 is 14.7 Å². The van der Waals surface area contributed by atoms with E-state index in [1.165, 1.54) is 4.90 Å². The fourth-order valence-electron chi connectivity index (χ4n) is 4.95. The van der Waals surface area contributed by atoms with Crippen molar-refractivity contribution in [1.82, 2.24) is 9.80 Å². The maximum atomic E-state index is 14.1. The topological polar surface area (TPSA) is 53.0 Å². The molecular weight excluding hydrogens is 421 g/mol. The van der Waals surface area contributed by atoms with Gasteiger partial charge in [0.1, 0.15) is 5.60 Å². The monoisotopic (exact) mass is 448 g/mol. The van der Waals surface area contributed by atoms with Gasteiger partial charge in [-0.25, -0.2) is 13.2 Å². The summed E-state index contributed by atoms with van der Waals surface area (Å²) in [7, 11) is 1.64. The third-order valence-corrected chi connectivity index (χ3v) is 6.56. The summed E-state index contributed by atoms with van der Waals surface area (Å²) in [4.78, 5) is 16.2. The van der Waals surface area contributed by atoms with Gasteiger partial charge in [0.25, 0.3) is 5.91 Å². The van der Waals surface area contributed by atoms with E-state index >= 15 is 0 Å². The van der Waals surface area contributed by atoms with Gasteiger partial charge in [0.15, 0.2) is 17.5 Å². The first-order chi connectivity index (χ1) is 15.4. The van der Waals surface area contributed by atoms with Gasteiger partial charge in [0, 0.05) is 13.2 Å². The van der Waals surface area contributed by atoms with Crippen molar-refractivity contribution >= 4 is 5.91 Å². The third-order valence-electron chi connectivity index (χ3n) is 6.56. The van der Waals surface area contributed by atoms with Crippen LogP contribution in [0.2, 0.25) is 0 Å². The molecule has 2 aromatic rings. The van der Waals surface area contributed by atoms with Gasteiger partial charge in [-0.15, -0.1) is 0 Å². The van der Waals surface area contributed by atoms with Gasteiger partial charge in [-0.2, -0.15) is 0 Å². The predicted octanol–water partition coefficient (Wildman–Crippen LogP) is 3.53. The molecule has 2 aliphatic heterocycles. The second-order valence-corrected chi connectivity index (χ2v) is 8.62. The van der Waals surface area contributed by atoms with E-state index in [4.69, 9.17) is 4.74 Å². The molecular formula is C24H27F3N2O3. The number of rotatable bonds is 6. The fraction of sp³-hybridized carbons (Fsp3) is 0.458. The van der Waals surface area contributed by atoms with Crippen LogP contribution in [0.3, 0.4) is 0 Å². The standard InChI is InChI=1S/C24H27F3N2O3/c1-32-13-19(16-7-3-2-4-8-16)29-12-6-5-9-20(29)24(31)14-28(15-24)23(30)17-10-11-18(25)22(27)21(17)26/h2-4,7-8,10-11,19-20,31H,5-6,9,12-15H2,1H3/t19-,20+/m1/s1. The molecule has 2 heterocycles. The molecule has 32 heavy (non-hydrogen) atoms. The summed E-state index contributed by atoms with van der Waals surface area (Å²) < 4.78 is 46.3. The number of hydrogen-bond acceptors (Lipinski definition) is 4. The highest BCUT2D eigenvalue weighted by atomic mass is 19.2. The number of likely N-dealkylation sites (tertiary alicyclic amines) is 2. The first kappa shape index (κ1) is 22.8. The second-order valence-electron chi connectivity index (χ2n) is 8.62. The van der Waals surface area contributed by atoms with Gasteiger partial charge in [0.2, 0.25) is 0 Å². The van der Waals surface area contributed by atoms with Crippen LogP contribution in [0.1, 0.15) is 41.2 Å². The Kier molecular flexibility index (Phi) is 6.55. The Morgan fingerprint density at radius 3 is 2.53 bits per heavy atom. The minimum Gasteiger partial charge on any atom is -0.385 e. The highest BCUT2D eigenvalue weighted by Gasteiger charge is 2.53. The van der Waals surface area contributed by atoms with E-state index in [2.05, 4.69) is 4.90 Å². The molecule has 1 N–H and O–H groups in total. The lowest BCUT2D eigenvalue weighted by Gasteiger charge is -2.56. The van der Waals surface area contributed by atoms with E-state index in [0.717, 1.165) is 43.5 Å². The van der Waals surface area contributed by atoms with E-state index in [1.807, 2.05) is 30.3 Å². The summed E-state index contributed by atoms with van der Waals surface area (Å²) in [5.41, 5.74) is -0.625. The van der Waals surface area contributed by atoms with Crippen molar-refractivity contribution in [2.45, 2.75) is 36.9 Å². The highest BCUT2D eigenvalue weighted by Crippen LogP contribution is 2.38. The highest BCUT2D eigenvalue weighted by molar-refractivity contribution is 5.95. The zero-order valence-electron chi connectivity index (χ0n) is 17.9. The summed E-state index contributed by atoms with van der Waals surface area (Å²) >= 11 is 0. The average molecular weight is 448 g/mol. The molecule has 2 atom stereocenters. The van der Waals surface area contributed by atoms with Crippen molar-refractivity contribution in [3.63, 3.8) is 0 Å². The van der Waals surface area contributed by atoms with Crippen LogP contribution in [0.5, 0.6) is 0 Å². The lowest BCUT2D eigenvalue weighted by atomic mass is 9.79. The molecule has 4 rings (SSSR count). The van der Waals surface area contributed by atoms with Crippen LogP contribution < -0.4 is 0 Å². The lowest BCUT2D eigenvalue weighted by molar-refractivity contribution is -0.151. The third kappa shape index (κ3) is 4.14. The number of nitrogens with zero attached hydrogens (tertiary/aromatic N) is 2. The summed E-state index contributed by atoms with van der Waals surface area (Å²) in [5.74, 6) is -5.28. The van der Waals surface area contributed by atoms with Crippen molar-refractivity contribution in [3.8, 4) is 0 Å². The quantitative estimate of drug-likeness (QED) is 0.687. The summed E-state index contributed by atoms with van der Waals surface area (Å²) in [6.45, 7) is 1.24. The number of benzene rings is 2. The Hall–Kier alpha value is -2.42. The minimum absolute atomic E-state index is 0.0000721. The summed E-state index contributed by atoms with van der Waals surface area (Å²) in [6.07, 6.45) is 2.69. The maximum absolute atomic E-state index is 14.1. The van der Waals surface area contributed by atoms with Crippen molar-refractivity contribution in [3.05, 3.63) is 71.0 Å². The molecule has 0 bridgehead atoms. The maximum Gasteiger partial charge on any atom is 0.257 e. The number of β-amino-alcohol motifs (C(OH)–C–C–N with tert-alkyl or cyclic N) is 1. The van der Waals surface area contributed by atoms with E-state index in [-0.39, 0.29) is 25.2 Å². The Morgan fingerprint density at radius 1 is 1.12 bits per heavy atom. The van der Waals surface area contributed by atoms with Crippen LogP contribution in [0.25, 0.3) is 0 Å². The van der Waals surface area contributed by atoms with Crippen LogP contribution in [-0.2, 0) is 4.74 Å². The van der Waals surface area contributed by atoms with Gasteiger partial charge in [-0.1, -0.05) is 36.8 Å². The molecule has 2 saturated heterocycles. The van der Waals surface area contributed by atoms with Gasteiger partial charge >= 0.3 is 0 Å². The number of methoxy groups -OCH3 is 1. The van der Waals surface area contributed by atoms with E-state index in [0.29, 0.717) is 6.61 Å². The normalized spacial score (nSPS) is 21.8. The van der Waals surface area contributed by atoms with Gasteiger partial charge in [0.05, 0.1) is 31.3 Å². The number of carbonyl (C=O) groups is 1. The zero-order valence-corrected chi connectivity index (χ0v) is 17.9. The Bertz CT molecular complexity index is 966. The van der Waals surface area contributed by atoms with Crippen molar-refractivity contribution in [2.75, 3.05) is 33.4 Å². The van der Waals surface area contributed by atoms with Crippen LogP contribution >= 0.6 is 0 Å². The van der Waals surface area contributed by atoms with Crippen molar-refractivity contribution < 1.29 is 27.8 Å². The van der Waals surface area contributed by atoms with Gasteiger partial charge in [-0.3, -0.25) is 9.69 Å². The molecule has 2 fully saturated rings. The largest absolute Gasteiger partial charge is 0.385 e. The number of carbonyl (C=O) groups excluding carboxylic acids is 1. The number of ether oxygens (including phenoxy) is 1. The number of halogens is 3. The summed E-state index contributed by atoms with van der Waals surface area (Å²) in [6, 6.07) is 11.3. The molecule has 0 spiro atoms. The molecule has 0 radical (unpaired) electrons. The molecule has 2 aliphatic rings. The van der Waals surface area contributed by atoms with Crippen LogP contribution in [0.15, 0.2) is 42.5 Å². The molecule has 2 aromatic carbocycles. The smallest absolute Gasteiger partial charge is 0.257 e. The molecule has 0 aliphatic carbocycles. The Labute approximate surface area is 185 Å². The fourth-order valence-corrected chi connectivity index (χ4v) is 4.95. The minimum atomic E-state index is -1.67. The molecule has 0 aromatic heterocycles. The van der Waals surface area contributed by atoms with E-state index in [1.54, 1.807) is 7.11 Å². The lowest BCUT2D eigenvalue weighted by Crippen LogP contribution is -2.72. The van der Waals surface area contributed by atoms with Crippen molar-refractivity contribution in [1.29, 1.82) is 0 Å². The number of amides is 1. The van der Waals surface area contributed by atoms with Gasteiger partial charge in [-0.05, 0) is 37.1 Å². The van der Waals surface area contributed by atoms with Crippen LogP contribution in [0, 0.1) is 17.5 Å². The SMILES string of the molecule is COC[C@H](c1ccccc1)N1CCCC[C@H]1C1(O)CN(C(=O)c2ccc(F)c(F)c2F)C1. The molecule has 1 amide bonds. The molecule has 5 nitrogen and oxygen atoms in total. The molecule has 0 saturated carbocycles. The number of piperidine rings is 1. The van der Waals surface area contributed by atoms with Crippen LogP contribution in [-0.4, -0.2) is 65.8 Å². The average Bonchev–Trinajstić information content (AvgIpc) is 2.79. The number of hydrogen-bond donors (Lipinski definition) is 1. The summed E-state index contributed by atoms with van der Waals surface area (Å²) in [5, 5.41) is 11.4. The Morgan fingerprint density at radius 2 is 1.84 bits per heavy atom. The van der Waals surface area contributed by atoms with E-state index in [9.17, 15) is 23.1 Å². The van der Waals surface area contributed by atoms with Crippen LogP contribution in [0.4, 0.5) is 13.2 Å². The number of aliphatic hydroxyl groups is 1. The Balaban J connectivity index is 1.52. The van der Waals surface area contributed by atoms with Crippen molar-refractivity contribution in [2.24, 2.45) is 0 Å². The predicted molar refractivity (Wildman–Crippen MR) is 113 cm³/mol. The van der Waals surface area contributed by atoms with E-state index < -0.39 is 34.5 Å². The zero-order chi connectivity index (χ0) is 22.9. The first-order valence-corrected chi connectivity index (χ1v) is 10.8. The molecule has 8 heteroatoms. The molecule has 0 unspecified atom stereocenters. The first-order valence-electron chi connectivity index (χ1n) is 10.8. The molecule has 172 valence electrons. The second kappa shape index (κ2) is 9.21.